The minimum absolute atomic E-state index is 0.00737. The zero-order valence-corrected chi connectivity index (χ0v) is 13.2. The van der Waals surface area contributed by atoms with Crippen LogP contribution in [0.4, 0.5) is 14.5 Å². The Morgan fingerprint density at radius 3 is 2.42 bits per heavy atom. The summed E-state index contributed by atoms with van der Waals surface area (Å²) in [6.07, 6.45) is 0.257. The third kappa shape index (κ3) is 4.53. The van der Waals surface area contributed by atoms with Crippen molar-refractivity contribution in [2.24, 2.45) is 0 Å². The molecule has 0 aliphatic heterocycles. The van der Waals surface area contributed by atoms with E-state index < -0.39 is 17.2 Å². The van der Waals surface area contributed by atoms with Crippen LogP contribution < -0.4 is 10.2 Å². The van der Waals surface area contributed by atoms with Gasteiger partial charge < -0.3 is 10.2 Å². The van der Waals surface area contributed by atoms with Gasteiger partial charge in [-0.3, -0.25) is 4.79 Å². The summed E-state index contributed by atoms with van der Waals surface area (Å²) < 4.78 is 27.0. The highest BCUT2D eigenvalue weighted by molar-refractivity contribution is 5.76. The highest BCUT2D eigenvalue weighted by atomic mass is 19.1. The van der Waals surface area contributed by atoms with Crippen LogP contribution >= 0.6 is 0 Å². The second-order valence-electron chi connectivity index (χ2n) is 5.33. The molecule has 124 valence electrons. The lowest BCUT2D eigenvalue weighted by Gasteiger charge is -2.18. The highest BCUT2D eigenvalue weighted by Crippen LogP contribution is 2.14. The van der Waals surface area contributed by atoms with Crippen molar-refractivity contribution in [3.05, 3.63) is 65.2 Å². The van der Waals surface area contributed by atoms with E-state index in [-0.39, 0.29) is 24.4 Å². The molecule has 1 amide bonds. The van der Waals surface area contributed by atoms with Crippen molar-refractivity contribution >= 4 is 11.6 Å². The number of amides is 1. The molecule has 24 heavy (non-hydrogen) atoms. The molecule has 0 aliphatic carbocycles. The van der Waals surface area contributed by atoms with Gasteiger partial charge in [0.15, 0.2) is 0 Å². The molecule has 2 aromatic carbocycles. The van der Waals surface area contributed by atoms with Gasteiger partial charge >= 0.3 is 0 Å². The lowest BCUT2D eigenvalue weighted by Crippen LogP contribution is -2.28. The molecule has 0 atom stereocenters. The van der Waals surface area contributed by atoms with Crippen LogP contribution in [0.3, 0.4) is 0 Å². The van der Waals surface area contributed by atoms with Gasteiger partial charge in [0.05, 0.1) is 0 Å². The monoisotopic (exact) mass is 329 g/mol. The SMILES string of the molecule is CN(CCC(=O)NCc1cc(F)c(C#N)c(F)c1)c1ccccc1. The van der Waals surface area contributed by atoms with E-state index in [4.69, 9.17) is 5.26 Å². The molecule has 4 nitrogen and oxygen atoms in total. The van der Waals surface area contributed by atoms with E-state index in [9.17, 15) is 13.6 Å². The average Bonchev–Trinajstić information content (AvgIpc) is 2.58. The Morgan fingerprint density at radius 2 is 1.83 bits per heavy atom. The number of carbonyl (C=O) groups excluding carboxylic acids is 1. The lowest BCUT2D eigenvalue weighted by atomic mass is 10.1. The van der Waals surface area contributed by atoms with Crippen LogP contribution in [-0.4, -0.2) is 19.5 Å². The van der Waals surface area contributed by atoms with Gasteiger partial charge in [-0.25, -0.2) is 8.78 Å². The number of rotatable bonds is 6. The van der Waals surface area contributed by atoms with Crippen molar-refractivity contribution < 1.29 is 13.6 Å². The maximum Gasteiger partial charge on any atom is 0.222 e. The van der Waals surface area contributed by atoms with Crippen molar-refractivity contribution in [2.45, 2.75) is 13.0 Å². The van der Waals surface area contributed by atoms with Gasteiger partial charge in [0, 0.05) is 32.2 Å². The molecule has 0 saturated heterocycles. The Morgan fingerprint density at radius 1 is 1.21 bits per heavy atom. The quantitative estimate of drug-likeness (QED) is 0.886. The number of para-hydroxylation sites is 1. The molecular weight excluding hydrogens is 312 g/mol. The van der Waals surface area contributed by atoms with Crippen molar-refractivity contribution in [2.75, 3.05) is 18.5 Å². The fourth-order valence-corrected chi connectivity index (χ4v) is 2.20. The van der Waals surface area contributed by atoms with E-state index in [2.05, 4.69) is 5.32 Å². The summed E-state index contributed by atoms with van der Waals surface area (Å²) in [5.74, 6) is -2.07. The first-order valence-electron chi connectivity index (χ1n) is 7.42. The molecule has 0 fully saturated rings. The van der Waals surface area contributed by atoms with Gasteiger partial charge in [-0.2, -0.15) is 5.26 Å². The number of carbonyl (C=O) groups is 1. The van der Waals surface area contributed by atoms with Crippen LogP contribution in [0.5, 0.6) is 0 Å². The second kappa shape index (κ2) is 8.06. The standard InChI is InChI=1S/C18H17F2N3O/c1-23(14-5-3-2-4-6-14)8-7-18(24)22-12-13-9-16(19)15(11-21)17(20)10-13/h2-6,9-10H,7-8,12H2,1H3,(H,22,24). The zero-order valence-electron chi connectivity index (χ0n) is 13.2. The normalized spacial score (nSPS) is 10.1. The van der Waals surface area contributed by atoms with Crippen LogP contribution in [0.2, 0.25) is 0 Å². The Bertz CT molecular complexity index is 734. The molecule has 2 aromatic rings. The third-order valence-corrected chi connectivity index (χ3v) is 3.57. The van der Waals surface area contributed by atoms with Crippen LogP contribution in [-0.2, 0) is 11.3 Å². The maximum atomic E-state index is 13.5. The number of nitrogens with zero attached hydrogens (tertiary/aromatic N) is 2. The molecule has 6 heteroatoms. The summed E-state index contributed by atoms with van der Waals surface area (Å²) in [6.45, 7) is 0.527. The molecule has 2 rings (SSSR count). The molecule has 0 saturated carbocycles. The third-order valence-electron chi connectivity index (χ3n) is 3.57. The topological polar surface area (TPSA) is 56.1 Å². The number of anilines is 1. The zero-order chi connectivity index (χ0) is 17.5. The first-order valence-corrected chi connectivity index (χ1v) is 7.42. The van der Waals surface area contributed by atoms with Gasteiger partial charge in [0.25, 0.3) is 0 Å². The van der Waals surface area contributed by atoms with Crippen LogP contribution in [0, 0.1) is 23.0 Å². The molecule has 0 bridgehead atoms. The molecule has 1 N–H and O–H groups in total. The molecule has 0 heterocycles. The van der Waals surface area contributed by atoms with E-state index in [1.54, 1.807) is 0 Å². The minimum atomic E-state index is -0.925. The highest BCUT2D eigenvalue weighted by Gasteiger charge is 2.11. The summed E-state index contributed by atoms with van der Waals surface area (Å²) >= 11 is 0. The van der Waals surface area contributed by atoms with Gasteiger partial charge in [-0.15, -0.1) is 0 Å². The van der Waals surface area contributed by atoms with E-state index in [0.717, 1.165) is 17.8 Å². The molecule has 0 spiro atoms. The van der Waals surface area contributed by atoms with Gasteiger partial charge in [0.1, 0.15) is 23.3 Å². The van der Waals surface area contributed by atoms with E-state index in [1.165, 1.54) is 6.07 Å². The largest absolute Gasteiger partial charge is 0.374 e. The van der Waals surface area contributed by atoms with E-state index in [0.29, 0.717) is 6.54 Å². The van der Waals surface area contributed by atoms with Crippen molar-refractivity contribution in [1.29, 1.82) is 5.26 Å². The average molecular weight is 329 g/mol. The number of hydrogen-bond acceptors (Lipinski definition) is 3. The van der Waals surface area contributed by atoms with Crippen LogP contribution in [0.1, 0.15) is 17.5 Å². The molecule has 0 aromatic heterocycles. The fourth-order valence-electron chi connectivity index (χ4n) is 2.20. The summed E-state index contributed by atoms with van der Waals surface area (Å²) in [6, 6.07) is 13.2. The summed E-state index contributed by atoms with van der Waals surface area (Å²) in [5.41, 5.74) is 0.657. The minimum Gasteiger partial charge on any atom is -0.374 e. The van der Waals surface area contributed by atoms with Gasteiger partial charge in [-0.05, 0) is 29.8 Å². The number of nitrogens with one attached hydrogen (secondary N) is 1. The first-order chi connectivity index (χ1) is 11.5. The summed E-state index contributed by atoms with van der Waals surface area (Å²) in [5, 5.41) is 11.2. The number of hydrogen-bond donors (Lipinski definition) is 1. The number of benzene rings is 2. The Balaban J connectivity index is 1.85. The Kier molecular flexibility index (Phi) is 5.85. The number of halogens is 2. The molecular formula is C18H17F2N3O. The molecule has 0 unspecified atom stereocenters. The maximum absolute atomic E-state index is 13.5. The van der Waals surface area contributed by atoms with E-state index >= 15 is 0 Å². The number of nitriles is 1. The predicted octanol–water partition coefficient (Wildman–Crippen LogP) is 2.98. The molecule has 0 radical (unpaired) electrons. The lowest BCUT2D eigenvalue weighted by molar-refractivity contribution is -0.121. The van der Waals surface area contributed by atoms with Gasteiger partial charge in [-0.1, -0.05) is 18.2 Å². The van der Waals surface area contributed by atoms with Crippen molar-refractivity contribution in [3.8, 4) is 6.07 Å². The van der Waals surface area contributed by atoms with Crippen molar-refractivity contribution in [1.82, 2.24) is 5.32 Å². The van der Waals surface area contributed by atoms with Crippen LogP contribution in [0.25, 0.3) is 0 Å². The van der Waals surface area contributed by atoms with Crippen molar-refractivity contribution in [3.63, 3.8) is 0 Å². The molecule has 0 aliphatic rings. The predicted molar refractivity (Wildman–Crippen MR) is 87.2 cm³/mol. The summed E-state index contributed by atoms with van der Waals surface area (Å²) in [4.78, 5) is 13.8. The Hall–Kier alpha value is -2.94. The van der Waals surface area contributed by atoms with Gasteiger partial charge in [0.2, 0.25) is 5.91 Å². The fraction of sp³-hybridized carbons (Fsp3) is 0.222. The smallest absolute Gasteiger partial charge is 0.222 e. The second-order valence-corrected chi connectivity index (χ2v) is 5.33. The Labute approximate surface area is 139 Å². The summed E-state index contributed by atoms with van der Waals surface area (Å²) in [7, 11) is 1.88. The van der Waals surface area contributed by atoms with Crippen LogP contribution in [0.15, 0.2) is 42.5 Å². The van der Waals surface area contributed by atoms with E-state index in [1.807, 2.05) is 42.3 Å². The first kappa shape index (κ1) is 17.4.